The summed E-state index contributed by atoms with van der Waals surface area (Å²) in [6.45, 7) is 7.40. The summed E-state index contributed by atoms with van der Waals surface area (Å²) in [5.74, 6) is 1.39. The van der Waals surface area contributed by atoms with E-state index in [4.69, 9.17) is 4.74 Å². The number of aryl methyl sites for hydroxylation is 3. The molecule has 9 nitrogen and oxygen atoms in total. The summed E-state index contributed by atoms with van der Waals surface area (Å²) in [5.41, 5.74) is 2.79. The Kier molecular flexibility index (Phi) is 9.08. The van der Waals surface area contributed by atoms with Gasteiger partial charge in [-0.15, -0.1) is 5.10 Å². The number of nitrogens with zero attached hydrogens (tertiary/aromatic N) is 5. The number of ketones is 1. The van der Waals surface area contributed by atoms with Crippen LogP contribution in [-0.4, -0.2) is 87.5 Å². The van der Waals surface area contributed by atoms with Gasteiger partial charge in [0.2, 0.25) is 10.0 Å². The van der Waals surface area contributed by atoms with E-state index in [1.807, 2.05) is 13.0 Å². The summed E-state index contributed by atoms with van der Waals surface area (Å²) < 4.78 is 32.9. The van der Waals surface area contributed by atoms with Crippen LogP contribution >= 0.6 is 0 Å². The first-order valence-corrected chi connectivity index (χ1v) is 13.8. The lowest BCUT2D eigenvalue weighted by atomic mass is 10.0. The van der Waals surface area contributed by atoms with Crippen molar-refractivity contribution in [2.24, 2.45) is 0 Å². The normalized spacial score (nSPS) is 15.1. The Hall–Kier alpha value is -2.56. The number of sulfonamides is 1. The van der Waals surface area contributed by atoms with E-state index >= 15 is 0 Å². The van der Waals surface area contributed by atoms with Gasteiger partial charge in [0, 0.05) is 39.1 Å². The van der Waals surface area contributed by atoms with E-state index in [0.29, 0.717) is 28.6 Å². The third-order valence-corrected chi connectivity index (χ3v) is 9.16. The van der Waals surface area contributed by atoms with E-state index in [9.17, 15) is 13.2 Å². The molecule has 36 heavy (non-hydrogen) atoms. The molecule has 0 N–H and O–H groups in total. The van der Waals surface area contributed by atoms with Gasteiger partial charge in [-0.1, -0.05) is 0 Å². The molecule has 0 bridgehead atoms. The van der Waals surface area contributed by atoms with Crippen LogP contribution in [-0.2, 0) is 21.2 Å². The van der Waals surface area contributed by atoms with Crippen LogP contribution in [0, 0.1) is 20.8 Å². The van der Waals surface area contributed by atoms with Crippen LogP contribution in [0.5, 0.6) is 5.75 Å². The fourth-order valence-corrected chi connectivity index (χ4v) is 6.28. The van der Waals surface area contributed by atoms with Crippen molar-refractivity contribution in [3.8, 4) is 5.75 Å². The van der Waals surface area contributed by atoms with Crippen molar-refractivity contribution in [1.29, 1.82) is 0 Å². The maximum absolute atomic E-state index is 13.2. The molecule has 1 aromatic heterocycles. The molecule has 0 radical (unpaired) electrons. The summed E-state index contributed by atoms with van der Waals surface area (Å²) in [6.07, 6.45) is 2.40. The molecule has 0 atom stereocenters. The molecule has 0 amide bonds. The topological polar surface area (TPSA) is 95.9 Å². The monoisotopic (exact) mass is 517 g/mol. The highest BCUT2D eigenvalue weighted by Gasteiger charge is 2.26. The van der Waals surface area contributed by atoms with Gasteiger partial charge in [0.25, 0.3) is 0 Å². The van der Waals surface area contributed by atoms with Crippen LogP contribution in [0.4, 0.5) is 5.82 Å². The second-order valence-electron chi connectivity index (χ2n) is 9.90. The minimum Gasteiger partial charge on any atom is -0.497 e. The van der Waals surface area contributed by atoms with Crippen LogP contribution in [0.2, 0.25) is 0 Å². The second-order valence-corrected chi connectivity index (χ2v) is 11.9. The van der Waals surface area contributed by atoms with Gasteiger partial charge in [-0.25, -0.2) is 12.7 Å². The summed E-state index contributed by atoms with van der Waals surface area (Å²) >= 11 is 0. The molecule has 1 saturated heterocycles. The highest BCUT2D eigenvalue weighted by Crippen LogP contribution is 2.28. The molecule has 0 spiro atoms. The zero-order valence-electron chi connectivity index (χ0n) is 22.5. The smallest absolute Gasteiger partial charge is 0.243 e. The highest BCUT2D eigenvalue weighted by atomic mass is 32.2. The zero-order valence-corrected chi connectivity index (χ0v) is 23.4. The Morgan fingerprint density at radius 2 is 1.64 bits per heavy atom. The molecule has 1 fully saturated rings. The minimum atomic E-state index is -3.74. The molecule has 3 rings (SSSR count). The van der Waals surface area contributed by atoms with Gasteiger partial charge in [0.15, 0.2) is 5.82 Å². The third-order valence-electron chi connectivity index (χ3n) is 7.00. The summed E-state index contributed by atoms with van der Waals surface area (Å²) in [5, 5.41) is 8.73. The van der Waals surface area contributed by atoms with Crippen molar-refractivity contribution in [2.75, 3.05) is 52.8 Å². The molecular formula is C26H39N5O4S. The van der Waals surface area contributed by atoms with Gasteiger partial charge in [0.1, 0.15) is 11.5 Å². The van der Waals surface area contributed by atoms with Crippen molar-refractivity contribution in [3.63, 3.8) is 0 Å². The van der Waals surface area contributed by atoms with Crippen molar-refractivity contribution in [1.82, 2.24) is 19.4 Å². The highest BCUT2D eigenvalue weighted by molar-refractivity contribution is 7.89. The molecular weight excluding hydrogens is 478 g/mol. The van der Waals surface area contributed by atoms with E-state index < -0.39 is 10.0 Å². The molecule has 0 aliphatic carbocycles. The van der Waals surface area contributed by atoms with Gasteiger partial charge in [-0.3, -0.25) is 4.79 Å². The summed E-state index contributed by atoms with van der Waals surface area (Å²) in [6, 6.07) is 5.99. The zero-order chi connectivity index (χ0) is 26.6. The number of carbonyl (C=O) groups is 1. The van der Waals surface area contributed by atoms with E-state index in [1.54, 1.807) is 33.1 Å². The van der Waals surface area contributed by atoms with Crippen molar-refractivity contribution >= 4 is 21.6 Å². The number of ether oxygens (including phenoxy) is 1. The first kappa shape index (κ1) is 28.0. The molecule has 198 valence electrons. The lowest BCUT2D eigenvalue weighted by Gasteiger charge is -2.35. The Morgan fingerprint density at radius 1 is 1.03 bits per heavy atom. The largest absolute Gasteiger partial charge is 0.497 e. The van der Waals surface area contributed by atoms with Crippen LogP contribution < -0.4 is 9.64 Å². The number of anilines is 1. The standard InChI is InChI=1S/C26H39N5O4S/c1-18-16-25(31-12-8-21(9-13-31)29(4)5)28-27-24(18)17-22(32)10-11-30(6)36(33,34)26-19(2)14-23(35-7)15-20(26)3/h14-16,21H,8-13,17H2,1-7H3. The number of piperidine rings is 1. The first-order chi connectivity index (χ1) is 16.9. The average molecular weight is 518 g/mol. The Balaban J connectivity index is 1.59. The van der Waals surface area contributed by atoms with Crippen LogP contribution in [0.15, 0.2) is 23.1 Å². The van der Waals surface area contributed by atoms with E-state index in [-0.39, 0.29) is 30.1 Å². The molecule has 0 unspecified atom stereocenters. The lowest BCUT2D eigenvalue weighted by Crippen LogP contribution is -2.42. The minimum absolute atomic E-state index is 0.0721. The van der Waals surface area contributed by atoms with Gasteiger partial charge < -0.3 is 14.5 Å². The summed E-state index contributed by atoms with van der Waals surface area (Å²) in [7, 11) is 3.55. The number of rotatable bonds is 10. The molecule has 2 heterocycles. The number of hydrogen-bond acceptors (Lipinski definition) is 8. The Labute approximate surface area is 215 Å². The van der Waals surface area contributed by atoms with Gasteiger partial charge in [-0.05, 0) is 82.6 Å². The molecule has 1 aliphatic heterocycles. The quantitative estimate of drug-likeness (QED) is 0.475. The predicted octanol–water partition coefficient (Wildman–Crippen LogP) is 2.76. The first-order valence-electron chi connectivity index (χ1n) is 12.3. The number of carbonyl (C=O) groups excluding carboxylic acids is 1. The van der Waals surface area contributed by atoms with Gasteiger partial charge in [0.05, 0.1) is 24.1 Å². The Bertz CT molecular complexity index is 1170. The maximum Gasteiger partial charge on any atom is 0.243 e. The number of Topliss-reactive ketones (excluding diaryl/α,β-unsaturated/α-hetero) is 1. The Morgan fingerprint density at radius 3 is 2.17 bits per heavy atom. The van der Waals surface area contributed by atoms with Gasteiger partial charge >= 0.3 is 0 Å². The third kappa shape index (κ3) is 6.41. The molecule has 1 aromatic carbocycles. The fourth-order valence-electron chi connectivity index (χ4n) is 4.71. The lowest BCUT2D eigenvalue weighted by molar-refractivity contribution is -0.118. The van der Waals surface area contributed by atoms with Gasteiger partial charge in [-0.2, -0.15) is 5.10 Å². The number of benzene rings is 1. The molecule has 2 aromatic rings. The second kappa shape index (κ2) is 11.7. The fraction of sp³-hybridized carbons (Fsp3) is 0.577. The van der Waals surface area contributed by atoms with Crippen LogP contribution in [0.25, 0.3) is 0 Å². The van der Waals surface area contributed by atoms with E-state index in [0.717, 1.165) is 37.3 Å². The molecule has 1 aliphatic rings. The number of methoxy groups -OCH3 is 1. The predicted molar refractivity (Wildman–Crippen MR) is 141 cm³/mol. The van der Waals surface area contributed by atoms with Crippen molar-refractivity contribution in [3.05, 3.63) is 40.6 Å². The SMILES string of the molecule is COc1cc(C)c(S(=O)(=O)N(C)CCC(=O)Cc2nnc(N3CCC(N(C)C)CC3)cc2C)c(C)c1. The van der Waals surface area contributed by atoms with E-state index in [2.05, 4.69) is 34.1 Å². The number of hydrogen-bond donors (Lipinski definition) is 0. The van der Waals surface area contributed by atoms with Crippen molar-refractivity contribution < 1.29 is 17.9 Å². The van der Waals surface area contributed by atoms with Crippen molar-refractivity contribution in [2.45, 2.75) is 57.4 Å². The maximum atomic E-state index is 13.2. The molecule has 0 saturated carbocycles. The average Bonchev–Trinajstić information content (AvgIpc) is 2.83. The number of aromatic nitrogens is 2. The van der Waals surface area contributed by atoms with E-state index in [1.165, 1.54) is 11.4 Å². The van der Waals surface area contributed by atoms with Crippen LogP contribution in [0.3, 0.4) is 0 Å². The van der Waals surface area contributed by atoms with Crippen LogP contribution in [0.1, 0.15) is 41.6 Å². The summed E-state index contributed by atoms with van der Waals surface area (Å²) in [4.78, 5) is 17.5. The molecule has 10 heteroatoms.